The molecule has 2 bridgehead atoms. The van der Waals surface area contributed by atoms with Gasteiger partial charge in [-0.1, -0.05) is 33.6 Å². The summed E-state index contributed by atoms with van der Waals surface area (Å²) in [7, 11) is -3.70. The van der Waals surface area contributed by atoms with Crippen LogP contribution in [0.3, 0.4) is 0 Å². The molecule has 1 aliphatic heterocycles. The summed E-state index contributed by atoms with van der Waals surface area (Å²) in [4.78, 5) is 13.1. The lowest BCUT2D eigenvalue weighted by molar-refractivity contribution is -0.136. The zero-order chi connectivity index (χ0) is 20.9. The molecule has 1 spiro atoms. The van der Waals surface area contributed by atoms with Crippen molar-refractivity contribution in [2.24, 2.45) is 22.7 Å². The molecule has 6 atom stereocenters. The lowest BCUT2D eigenvalue weighted by atomic mass is 9.69. The summed E-state index contributed by atoms with van der Waals surface area (Å²) in [6, 6.07) is -0.301. The molecule has 0 aromatic rings. The van der Waals surface area contributed by atoms with Gasteiger partial charge in [-0.05, 0) is 43.4 Å². The SMILES string of the molecule is CC(C(=O)N1[C@H]2C[C@@H]3CC[C@@]2(CS1(=O)=O)C3(C)C)C(O)CCCCC(F)CF. The first kappa shape index (κ1) is 21.9. The van der Waals surface area contributed by atoms with E-state index in [9.17, 15) is 27.1 Å². The highest BCUT2D eigenvalue weighted by atomic mass is 32.2. The van der Waals surface area contributed by atoms with E-state index in [4.69, 9.17) is 0 Å². The quantitative estimate of drug-likeness (QED) is 0.611. The van der Waals surface area contributed by atoms with Crippen LogP contribution in [0.5, 0.6) is 0 Å². The van der Waals surface area contributed by atoms with Gasteiger partial charge in [0.2, 0.25) is 15.9 Å². The largest absolute Gasteiger partial charge is 0.392 e. The Labute approximate surface area is 166 Å². The van der Waals surface area contributed by atoms with Crippen molar-refractivity contribution in [3.8, 4) is 0 Å². The molecule has 1 N–H and O–H groups in total. The average molecular weight is 422 g/mol. The normalized spacial score (nSPS) is 35.6. The first-order valence-corrected chi connectivity index (χ1v) is 12.0. The fourth-order valence-electron chi connectivity index (χ4n) is 5.99. The van der Waals surface area contributed by atoms with Gasteiger partial charge >= 0.3 is 0 Å². The number of nitrogens with zero attached hydrogens (tertiary/aromatic N) is 1. The molecule has 5 nitrogen and oxygen atoms in total. The van der Waals surface area contributed by atoms with Crippen LogP contribution in [0.1, 0.15) is 65.7 Å². The van der Waals surface area contributed by atoms with E-state index < -0.39 is 40.8 Å². The molecule has 2 aliphatic carbocycles. The number of carbonyl (C=O) groups excluding carboxylic acids is 1. The molecule has 0 radical (unpaired) electrons. The molecular formula is C20H33F2NO4S. The number of carbonyl (C=O) groups is 1. The van der Waals surface area contributed by atoms with Gasteiger partial charge in [0.1, 0.15) is 12.8 Å². The van der Waals surface area contributed by atoms with Crippen LogP contribution in [0.4, 0.5) is 8.78 Å². The number of alkyl halides is 2. The first-order valence-electron chi connectivity index (χ1n) is 10.4. The summed E-state index contributed by atoms with van der Waals surface area (Å²) in [5, 5.41) is 10.4. The van der Waals surface area contributed by atoms with Gasteiger partial charge in [-0.15, -0.1) is 0 Å². The standard InChI is InChI=1S/C20H33F2NO4S/c1-13(16(24)7-5-4-6-15(22)11-21)18(25)23-17-10-14-8-9-20(17,19(14,2)3)12-28(23,26)27/h13-17,24H,4-12H2,1-3H3/t13?,14-,15?,16?,17-,20-/m0/s1. The molecule has 2 saturated carbocycles. The molecule has 1 heterocycles. The van der Waals surface area contributed by atoms with Crippen molar-refractivity contribution in [1.82, 2.24) is 4.31 Å². The summed E-state index contributed by atoms with van der Waals surface area (Å²) in [6.45, 7) is 4.81. The van der Waals surface area contributed by atoms with Crippen molar-refractivity contribution in [1.29, 1.82) is 0 Å². The van der Waals surface area contributed by atoms with Gasteiger partial charge in [0.05, 0.1) is 23.8 Å². The topological polar surface area (TPSA) is 74.7 Å². The zero-order valence-electron chi connectivity index (χ0n) is 17.0. The number of fused-ring (bicyclic) bond motifs is 1. The molecule has 8 heteroatoms. The van der Waals surface area contributed by atoms with Gasteiger partial charge in [-0.3, -0.25) is 4.79 Å². The Balaban J connectivity index is 1.67. The predicted octanol–water partition coefficient (Wildman–Crippen LogP) is 3.22. The second-order valence-corrected chi connectivity index (χ2v) is 11.5. The van der Waals surface area contributed by atoms with Gasteiger partial charge in [0.25, 0.3) is 0 Å². The number of sulfonamides is 1. The van der Waals surface area contributed by atoms with Crippen LogP contribution in [-0.4, -0.2) is 54.5 Å². The molecule has 3 aliphatic rings. The van der Waals surface area contributed by atoms with Crippen molar-refractivity contribution in [3.05, 3.63) is 0 Å². The van der Waals surface area contributed by atoms with Crippen molar-refractivity contribution < 1.29 is 27.1 Å². The molecule has 1 amide bonds. The Kier molecular flexibility index (Phi) is 5.87. The summed E-state index contributed by atoms with van der Waals surface area (Å²) >= 11 is 0. The number of hydrogen-bond donors (Lipinski definition) is 1. The van der Waals surface area contributed by atoms with E-state index in [-0.39, 0.29) is 35.5 Å². The molecule has 0 aromatic carbocycles. The number of halogens is 2. The molecule has 162 valence electrons. The number of amides is 1. The van der Waals surface area contributed by atoms with Gasteiger partial charge in [-0.2, -0.15) is 0 Å². The monoisotopic (exact) mass is 421 g/mol. The van der Waals surface area contributed by atoms with Crippen molar-refractivity contribution in [2.75, 3.05) is 12.4 Å². The number of aliphatic hydroxyl groups is 1. The van der Waals surface area contributed by atoms with Crippen LogP contribution in [0.15, 0.2) is 0 Å². The van der Waals surface area contributed by atoms with E-state index in [0.29, 0.717) is 25.2 Å². The van der Waals surface area contributed by atoms with Gasteiger partial charge in [0.15, 0.2) is 0 Å². The highest BCUT2D eigenvalue weighted by Gasteiger charge is 2.72. The molecule has 1 saturated heterocycles. The molecule has 28 heavy (non-hydrogen) atoms. The van der Waals surface area contributed by atoms with E-state index in [1.807, 2.05) is 0 Å². The third kappa shape index (κ3) is 3.28. The number of unbranched alkanes of at least 4 members (excludes halogenated alkanes) is 1. The lowest BCUT2D eigenvalue weighted by Gasteiger charge is -2.37. The zero-order valence-corrected chi connectivity index (χ0v) is 17.9. The van der Waals surface area contributed by atoms with Crippen molar-refractivity contribution >= 4 is 15.9 Å². The molecule has 3 fully saturated rings. The molecular weight excluding hydrogens is 388 g/mol. The van der Waals surface area contributed by atoms with Crippen LogP contribution in [0.2, 0.25) is 0 Å². The summed E-state index contributed by atoms with van der Waals surface area (Å²) in [6.07, 6.45) is 1.32. The highest BCUT2D eigenvalue weighted by molar-refractivity contribution is 7.90. The van der Waals surface area contributed by atoms with Crippen LogP contribution in [0, 0.1) is 22.7 Å². The lowest BCUT2D eigenvalue weighted by Crippen LogP contribution is -2.47. The fraction of sp³-hybridized carbons (Fsp3) is 0.950. The number of rotatable bonds is 8. The summed E-state index contributed by atoms with van der Waals surface area (Å²) in [5.41, 5.74) is -0.486. The first-order chi connectivity index (χ1) is 13.0. The van der Waals surface area contributed by atoms with Crippen molar-refractivity contribution in [3.63, 3.8) is 0 Å². The Morgan fingerprint density at radius 2 is 1.93 bits per heavy atom. The molecule has 3 rings (SSSR count). The Hall–Kier alpha value is -0.760. The van der Waals surface area contributed by atoms with Gasteiger partial charge < -0.3 is 5.11 Å². The van der Waals surface area contributed by atoms with Crippen LogP contribution in [-0.2, 0) is 14.8 Å². The van der Waals surface area contributed by atoms with Crippen LogP contribution < -0.4 is 0 Å². The number of aliphatic hydroxyl groups excluding tert-OH is 1. The summed E-state index contributed by atoms with van der Waals surface area (Å²) < 4.78 is 52.0. The number of hydrogen-bond acceptors (Lipinski definition) is 4. The minimum atomic E-state index is -3.70. The maximum atomic E-state index is 13.1. The van der Waals surface area contributed by atoms with E-state index in [1.54, 1.807) is 6.92 Å². The second kappa shape index (κ2) is 7.49. The third-order valence-corrected chi connectivity index (χ3v) is 9.94. The predicted molar refractivity (Wildman–Crippen MR) is 102 cm³/mol. The highest BCUT2D eigenvalue weighted by Crippen LogP contribution is 2.70. The van der Waals surface area contributed by atoms with E-state index in [1.165, 1.54) is 0 Å². The second-order valence-electron chi connectivity index (χ2n) is 9.65. The maximum Gasteiger partial charge on any atom is 0.241 e. The molecule has 0 aromatic heterocycles. The van der Waals surface area contributed by atoms with E-state index in [2.05, 4.69) is 13.8 Å². The van der Waals surface area contributed by atoms with E-state index in [0.717, 1.165) is 17.1 Å². The van der Waals surface area contributed by atoms with Gasteiger partial charge in [-0.25, -0.2) is 21.5 Å². The Morgan fingerprint density at radius 1 is 1.29 bits per heavy atom. The summed E-state index contributed by atoms with van der Waals surface area (Å²) in [5.74, 6) is -0.920. The van der Waals surface area contributed by atoms with Crippen LogP contribution in [0.25, 0.3) is 0 Å². The van der Waals surface area contributed by atoms with Crippen LogP contribution >= 0.6 is 0 Å². The Bertz CT molecular complexity index is 713. The maximum absolute atomic E-state index is 13.1. The van der Waals surface area contributed by atoms with Gasteiger partial charge in [0, 0.05) is 5.41 Å². The average Bonchev–Trinajstić information content (AvgIpc) is 3.11. The minimum Gasteiger partial charge on any atom is -0.392 e. The smallest absolute Gasteiger partial charge is 0.241 e. The fourth-order valence-corrected chi connectivity index (χ4v) is 8.61. The molecule has 3 unspecified atom stereocenters. The Morgan fingerprint density at radius 3 is 2.54 bits per heavy atom. The van der Waals surface area contributed by atoms with E-state index >= 15 is 0 Å². The minimum absolute atomic E-state index is 0.0177. The third-order valence-electron chi connectivity index (χ3n) is 8.03. The van der Waals surface area contributed by atoms with Crippen molar-refractivity contribution in [2.45, 2.75) is 84.0 Å².